The van der Waals surface area contributed by atoms with Gasteiger partial charge in [0, 0.05) is 24.6 Å². The Morgan fingerprint density at radius 1 is 1.04 bits per heavy atom. The lowest BCUT2D eigenvalue weighted by Gasteiger charge is -2.09. The van der Waals surface area contributed by atoms with Crippen molar-refractivity contribution in [1.29, 1.82) is 0 Å². The van der Waals surface area contributed by atoms with E-state index in [1.54, 1.807) is 18.5 Å². The summed E-state index contributed by atoms with van der Waals surface area (Å²) in [5.41, 5.74) is 4.12. The van der Waals surface area contributed by atoms with Gasteiger partial charge in [0.15, 0.2) is 0 Å². The third kappa shape index (κ3) is 3.95. The Morgan fingerprint density at radius 3 is 2.62 bits per heavy atom. The molecule has 0 atom stereocenters. The molecule has 0 unspecified atom stereocenters. The Labute approximate surface area is 140 Å². The highest BCUT2D eigenvalue weighted by molar-refractivity contribution is 6.03. The summed E-state index contributed by atoms with van der Waals surface area (Å²) in [6.45, 7) is 2.61. The second-order valence-corrected chi connectivity index (χ2v) is 5.42. The van der Waals surface area contributed by atoms with Gasteiger partial charge in [-0.1, -0.05) is 24.3 Å². The number of anilines is 2. The van der Waals surface area contributed by atoms with E-state index >= 15 is 0 Å². The first-order valence-corrected chi connectivity index (χ1v) is 7.68. The molecule has 0 saturated heterocycles. The van der Waals surface area contributed by atoms with Gasteiger partial charge in [0.2, 0.25) is 0 Å². The minimum atomic E-state index is -0.219. The lowest BCUT2D eigenvalue weighted by molar-refractivity contribution is 0.102. The molecule has 1 amide bonds. The highest BCUT2D eigenvalue weighted by atomic mass is 16.1. The molecule has 1 aromatic carbocycles. The predicted octanol–water partition coefficient (Wildman–Crippen LogP) is 3.65. The normalized spacial score (nSPS) is 10.2. The van der Waals surface area contributed by atoms with Crippen molar-refractivity contribution in [2.24, 2.45) is 0 Å². The fourth-order valence-corrected chi connectivity index (χ4v) is 2.24. The number of nitrogens with one attached hydrogen (secondary N) is 2. The summed E-state index contributed by atoms with van der Waals surface area (Å²) in [7, 11) is 0. The van der Waals surface area contributed by atoms with Crippen LogP contribution in [-0.4, -0.2) is 15.9 Å². The second kappa shape index (κ2) is 7.37. The molecule has 0 aliphatic rings. The van der Waals surface area contributed by atoms with Crippen molar-refractivity contribution in [3.05, 3.63) is 83.9 Å². The van der Waals surface area contributed by atoms with Crippen LogP contribution in [0.15, 0.2) is 67.1 Å². The zero-order valence-electron chi connectivity index (χ0n) is 13.4. The van der Waals surface area contributed by atoms with Crippen molar-refractivity contribution in [3.63, 3.8) is 0 Å². The van der Waals surface area contributed by atoms with Gasteiger partial charge in [0.05, 0.1) is 11.9 Å². The van der Waals surface area contributed by atoms with Gasteiger partial charge < -0.3 is 10.6 Å². The standard InChI is InChI=1S/C19H18N4O/c1-14-5-2-3-7-17(14)23-19(24)18-9-8-16(13-22-18)21-12-15-6-4-10-20-11-15/h2-11,13,21H,12H2,1H3,(H,23,24). The summed E-state index contributed by atoms with van der Waals surface area (Å²) >= 11 is 0. The zero-order valence-corrected chi connectivity index (χ0v) is 13.4. The predicted molar refractivity (Wildman–Crippen MR) is 94.9 cm³/mol. The smallest absolute Gasteiger partial charge is 0.274 e. The van der Waals surface area contributed by atoms with Gasteiger partial charge in [0.25, 0.3) is 5.91 Å². The van der Waals surface area contributed by atoms with Gasteiger partial charge in [-0.2, -0.15) is 0 Å². The SMILES string of the molecule is Cc1ccccc1NC(=O)c1ccc(NCc2cccnc2)cn1. The third-order valence-electron chi connectivity index (χ3n) is 3.61. The van der Waals surface area contributed by atoms with E-state index < -0.39 is 0 Å². The Balaban J connectivity index is 1.61. The molecule has 24 heavy (non-hydrogen) atoms. The van der Waals surface area contributed by atoms with Crippen molar-refractivity contribution >= 4 is 17.3 Å². The second-order valence-electron chi connectivity index (χ2n) is 5.42. The number of nitrogens with zero attached hydrogens (tertiary/aromatic N) is 2. The van der Waals surface area contributed by atoms with E-state index in [2.05, 4.69) is 20.6 Å². The number of carbonyl (C=O) groups excluding carboxylic acids is 1. The number of rotatable bonds is 5. The number of para-hydroxylation sites is 1. The molecule has 3 aromatic rings. The topological polar surface area (TPSA) is 66.9 Å². The first kappa shape index (κ1) is 15.7. The molecule has 0 saturated carbocycles. The molecule has 0 aliphatic heterocycles. The lowest BCUT2D eigenvalue weighted by Crippen LogP contribution is -2.14. The average Bonchev–Trinajstić information content (AvgIpc) is 2.63. The minimum absolute atomic E-state index is 0.219. The molecule has 2 aromatic heterocycles. The Kier molecular flexibility index (Phi) is 4.81. The van der Waals surface area contributed by atoms with Gasteiger partial charge in [-0.15, -0.1) is 0 Å². The summed E-state index contributed by atoms with van der Waals surface area (Å²) in [5, 5.41) is 6.13. The van der Waals surface area contributed by atoms with Crippen LogP contribution in [0.5, 0.6) is 0 Å². The van der Waals surface area contributed by atoms with Crippen molar-refractivity contribution in [2.75, 3.05) is 10.6 Å². The molecule has 5 heteroatoms. The number of hydrogen-bond donors (Lipinski definition) is 2. The fourth-order valence-electron chi connectivity index (χ4n) is 2.24. The number of benzene rings is 1. The van der Waals surface area contributed by atoms with Crippen LogP contribution in [0.3, 0.4) is 0 Å². The fraction of sp³-hybridized carbons (Fsp3) is 0.105. The molecule has 0 spiro atoms. The number of aromatic nitrogens is 2. The molecule has 5 nitrogen and oxygen atoms in total. The first-order chi connectivity index (χ1) is 11.7. The van der Waals surface area contributed by atoms with Crippen LogP contribution in [0.1, 0.15) is 21.6 Å². The maximum Gasteiger partial charge on any atom is 0.274 e. The maximum atomic E-state index is 12.3. The molecule has 0 fully saturated rings. The molecular formula is C19H18N4O. The molecule has 2 heterocycles. The molecule has 0 radical (unpaired) electrons. The minimum Gasteiger partial charge on any atom is -0.380 e. The number of aryl methyl sites for hydroxylation is 1. The molecular weight excluding hydrogens is 300 g/mol. The third-order valence-corrected chi connectivity index (χ3v) is 3.61. The highest BCUT2D eigenvalue weighted by Gasteiger charge is 2.08. The molecule has 0 aliphatic carbocycles. The number of hydrogen-bond acceptors (Lipinski definition) is 4. The van der Waals surface area contributed by atoms with Crippen molar-refractivity contribution in [2.45, 2.75) is 13.5 Å². The lowest BCUT2D eigenvalue weighted by atomic mass is 10.2. The van der Waals surface area contributed by atoms with E-state index in [0.29, 0.717) is 12.2 Å². The summed E-state index contributed by atoms with van der Waals surface area (Å²) in [6.07, 6.45) is 5.21. The molecule has 120 valence electrons. The molecule has 0 bridgehead atoms. The van der Waals surface area contributed by atoms with Crippen molar-refractivity contribution in [3.8, 4) is 0 Å². The van der Waals surface area contributed by atoms with E-state index in [4.69, 9.17) is 0 Å². The van der Waals surface area contributed by atoms with Crippen LogP contribution in [-0.2, 0) is 6.54 Å². The van der Waals surface area contributed by atoms with Crippen LogP contribution in [0.2, 0.25) is 0 Å². The Morgan fingerprint density at radius 2 is 1.92 bits per heavy atom. The van der Waals surface area contributed by atoms with Crippen LogP contribution in [0.25, 0.3) is 0 Å². The Hall–Kier alpha value is -3.21. The van der Waals surface area contributed by atoms with Crippen molar-refractivity contribution in [1.82, 2.24) is 9.97 Å². The van der Waals surface area contributed by atoms with Crippen molar-refractivity contribution < 1.29 is 4.79 Å². The summed E-state index contributed by atoms with van der Waals surface area (Å²) in [5.74, 6) is -0.219. The number of pyridine rings is 2. The number of amides is 1. The number of carbonyl (C=O) groups is 1. The summed E-state index contributed by atoms with van der Waals surface area (Å²) < 4.78 is 0. The summed E-state index contributed by atoms with van der Waals surface area (Å²) in [4.78, 5) is 20.6. The summed E-state index contributed by atoms with van der Waals surface area (Å²) in [6, 6.07) is 15.1. The Bertz CT molecular complexity index is 816. The zero-order chi connectivity index (χ0) is 16.8. The van der Waals surface area contributed by atoms with E-state index in [9.17, 15) is 4.79 Å². The van der Waals surface area contributed by atoms with E-state index in [0.717, 1.165) is 22.5 Å². The quantitative estimate of drug-likeness (QED) is 0.753. The first-order valence-electron chi connectivity index (χ1n) is 7.68. The van der Waals surface area contributed by atoms with Crippen LogP contribution in [0, 0.1) is 6.92 Å². The van der Waals surface area contributed by atoms with Gasteiger partial charge >= 0.3 is 0 Å². The van der Waals surface area contributed by atoms with Gasteiger partial charge in [0.1, 0.15) is 5.69 Å². The van der Waals surface area contributed by atoms with Gasteiger partial charge in [-0.3, -0.25) is 9.78 Å². The van der Waals surface area contributed by atoms with E-state index in [-0.39, 0.29) is 5.91 Å². The highest BCUT2D eigenvalue weighted by Crippen LogP contribution is 2.15. The van der Waals surface area contributed by atoms with Crippen LogP contribution < -0.4 is 10.6 Å². The van der Waals surface area contributed by atoms with E-state index in [1.165, 1.54) is 0 Å². The van der Waals surface area contributed by atoms with Crippen LogP contribution in [0.4, 0.5) is 11.4 Å². The van der Waals surface area contributed by atoms with Gasteiger partial charge in [-0.05, 0) is 42.3 Å². The monoisotopic (exact) mass is 318 g/mol. The van der Waals surface area contributed by atoms with Gasteiger partial charge in [-0.25, -0.2) is 4.98 Å². The van der Waals surface area contributed by atoms with E-state index in [1.807, 2.05) is 55.6 Å². The average molecular weight is 318 g/mol. The van der Waals surface area contributed by atoms with Crippen LogP contribution >= 0.6 is 0 Å². The largest absolute Gasteiger partial charge is 0.380 e. The molecule has 2 N–H and O–H groups in total. The maximum absolute atomic E-state index is 12.3. The molecule has 3 rings (SSSR count).